The van der Waals surface area contributed by atoms with Crippen LogP contribution in [0.2, 0.25) is 0 Å². The lowest BCUT2D eigenvalue weighted by molar-refractivity contribution is 0.0718. The highest BCUT2D eigenvalue weighted by molar-refractivity contribution is 5.92. The maximum absolute atomic E-state index is 14.4. The molecule has 1 fully saturated rings. The summed E-state index contributed by atoms with van der Waals surface area (Å²) >= 11 is 0. The quantitative estimate of drug-likeness (QED) is 0.499. The third-order valence-corrected chi connectivity index (χ3v) is 5.97. The van der Waals surface area contributed by atoms with Crippen LogP contribution in [0.5, 0.6) is 0 Å². The first-order valence-electron chi connectivity index (χ1n) is 11.0. The number of hydrogen-bond acceptors (Lipinski definition) is 4. The number of likely N-dealkylation sites (tertiary alicyclic amines) is 1. The Labute approximate surface area is 186 Å². The fourth-order valence-corrected chi connectivity index (χ4v) is 4.06. The summed E-state index contributed by atoms with van der Waals surface area (Å²) in [5.41, 5.74) is 1.72. The summed E-state index contributed by atoms with van der Waals surface area (Å²) in [4.78, 5) is 21.0. The number of rotatable bonds is 7. The molecule has 0 radical (unpaired) electrons. The molecule has 0 saturated carbocycles. The molecule has 2 heterocycles. The molecule has 168 valence electrons. The Morgan fingerprint density at radius 1 is 1.09 bits per heavy atom. The Morgan fingerprint density at radius 3 is 2.56 bits per heavy atom. The first-order chi connectivity index (χ1) is 15.5. The second-order valence-corrected chi connectivity index (χ2v) is 8.21. The van der Waals surface area contributed by atoms with Crippen LogP contribution in [0.3, 0.4) is 0 Å². The van der Waals surface area contributed by atoms with Gasteiger partial charge in [0.25, 0.3) is 5.91 Å². The Kier molecular flexibility index (Phi) is 6.95. The second kappa shape index (κ2) is 10.0. The molecule has 1 atom stereocenters. The summed E-state index contributed by atoms with van der Waals surface area (Å²) in [6.07, 6.45) is 4.54. The Morgan fingerprint density at radius 2 is 1.84 bits per heavy atom. The first-order valence-corrected chi connectivity index (χ1v) is 11.0. The van der Waals surface area contributed by atoms with Gasteiger partial charge in [-0.25, -0.2) is 13.8 Å². The molecular formula is C25H27F2N3O2. The van der Waals surface area contributed by atoms with Crippen molar-refractivity contribution < 1.29 is 18.0 Å². The maximum atomic E-state index is 14.4. The summed E-state index contributed by atoms with van der Waals surface area (Å²) in [5.74, 6) is -0.936. The van der Waals surface area contributed by atoms with Gasteiger partial charge in [-0.15, -0.1) is 0 Å². The minimum absolute atomic E-state index is 0.0891. The summed E-state index contributed by atoms with van der Waals surface area (Å²) in [6.45, 7) is 4.00. The van der Waals surface area contributed by atoms with Crippen LogP contribution < -0.4 is 0 Å². The molecule has 7 heteroatoms. The van der Waals surface area contributed by atoms with Crippen LogP contribution in [0.25, 0.3) is 0 Å². The molecule has 1 aliphatic heterocycles. The number of amides is 1. The van der Waals surface area contributed by atoms with Crippen molar-refractivity contribution in [1.29, 1.82) is 0 Å². The van der Waals surface area contributed by atoms with Gasteiger partial charge in [-0.2, -0.15) is 0 Å². The maximum Gasteiger partial charge on any atom is 0.275 e. The number of nitrogens with zero attached hydrogens (tertiary/aromatic N) is 3. The van der Waals surface area contributed by atoms with E-state index in [0.717, 1.165) is 44.0 Å². The van der Waals surface area contributed by atoms with Crippen LogP contribution in [0.1, 0.15) is 59.7 Å². The number of aromatic nitrogens is 1. The van der Waals surface area contributed by atoms with Crippen LogP contribution in [0.4, 0.5) is 8.78 Å². The standard InChI is InChI=1S/C25H27F2N3O2/c1-18(19-8-4-2-5-9-19)30(15-20-10-11-21(26)14-22(20)27)16-24-28-23(17-32-24)25(31)29-12-6-3-7-13-29/h2,4-5,8-11,14,17-18H,3,6-7,12-13,15-16H2,1H3. The topological polar surface area (TPSA) is 49.6 Å². The van der Waals surface area contributed by atoms with E-state index in [4.69, 9.17) is 4.42 Å². The number of carbonyl (C=O) groups is 1. The van der Waals surface area contributed by atoms with Crippen LogP contribution in [-0.2, 0) is 13.1 Å². The Balaban J connectivity index is 1.55. The van der Waals surface area contributed by atoms with Gasteiger partial charge in [-0.3, -0.25) is 9.69 Å². The average Bonchev–Trinajstić information content (AvgIpc) is 3.29. The minimum atomic E-state index is -0.609. The van der Waals surface area contributed by atoms with Gasteiger partial charge in [0, 0.05) is 37.3 Å². The highest BCUT2D eigenvalue weighted by atomic mass is 19.1. The first kappa shape index (κ1) is 22.1. The van der Waals surface area contributed by atoms with Crippen LogP contribution in [0, 0.1) is 11.6 Å². The van der Waals surface area contributed by atoms with Crippen molar-refractivity contribution in [3.8, 4) is 0 Å². The monoisotopic (exact) mass is 439 g/mol. The van der Waals surface area contributed by atoms with E-state index in [9.17, 15) is 13.6 Å². The van der Waals surface area contributed by atoms with E-state index >= 15 is 0 Å². The predicted molar refractivity (Wildman–Crippen MR) is 117 cm³/mol. The van der Waals surface area contributed by atoms with Crippen LogP contribution in [0.15, 0.2) is 59.2 Å². The van der Waals surface area contributed by atoms with E-state index < -0.39 is 11.6 Å². The smallest absolute Gasteiger partial charge is 0.275 e. The lowest BCUT2D eigenvalue weighted by atomic mass is 10.1. The summed E-state index contributed by atoms with van der Waals surface area (Å²) < 4.78 is 33.4. The van der Waals surface area contributed by atoms with Gasteiger partial charge in [0.15, 0.2) is 5.69 Å². The van der Waals surface area contributed by atoms with Gasteiger partial charge in [-0.05, 0) is 37.8 Å². The van der Waals surface area contributed by atoms with E-state index in [1.54, 1.807) is 0 Å². The van der Waals surface area contributed by atoms with Crippen molar-refractivity contribution in [2.24, 2.45) is 0 Å². The van der Waals surface area contributed by atoms with Gasteiger partial charge in [0.05, 0.1) is 6.54 Å². The van der Waals surface area contributed by atoms with Gasteiger partial charge in [-0.1, -0.05) is 36.4 Å². The zero-order chi connectivity index (χ0) is 22.5. The van der Waals surface area contributed by atoms with Crippen molar-refractivity contribution in [2.45, 2.75) is 45.3 Å². The number of hydrogen-bond donors (Lipinski definition) is 0. The van der Waals surface area contributed by atoms with Gasteiger partial charge in [0.1, 0.15) is 17.9 Å². The summed E-state index contributed by atoms with van der Waals surface area (Å²) in [7, 11) is 0. The molecule has 32 heavy (non-hydrogen) atoms. The molecule has 0 aliphatic carbocycles. The normalized spacial score (nSPS) is 15.2. The number of halogens is 2. The highest BCUT2D eigenvalue weighted by Gasteiger charge is 2.24. The van der Waals surface area contributed by atoms with Crippen molar-refractivity contribution in [3.63, 3.8) is 0 Å². The molecule has 0 bridgehead atoms. The molecule has 1 unspecified atom stereocenters. The molecule has 0 N–H and O–H groups in total. The fraction of sp³-hybridized carbons (Fsp3) is 0.360. The molecule has 4 rings (SSSR count). The zero-order valence-electron chi connectivity index (χ0n) is 18.1. The highest BCUT2D eigenvalue weighted by Crippen LogP contribution is 2.26. The number of carbonyl (C=O) groups excluding carboxylic acids is 1. The molecule has 0 spiro atoms. The zero-order valence-corrected chi connectivity index (χ0v) is 18.1. The van der Waals surface area contributed by atoms with Gasteiger partial charge in [0.2, 0.25) is 5.89 Å². The number of oxazole rings is 1. The SMILES string of the molecule is CC(c1ccccc1)N(Cc1nc(C(=O)N2CCCCC2)co1)Cc1ccc(F)cc1F. The lowest BCUT2D eigenvalue weighted by Crippen LogP contribution is -2.35. The van der Waals surface area contributed by atoms with Crippen LogP contribution in [-0.4, -0.2) is 33.8 Å². The van der Waals surface area contributed by atoms with Gasteiger partial charge >= 0.3 is 0 Å². The average molecular weight is 440 g/mol. The van der Waals surface area contributed by atoms with Crippen LogP contribution >= 0.6 is 0 Å². The van der Waals surface area contributed by atoms with E-state index in [2.05, 4.69) is 4.98 Å². The third kappa shape index (κ3) is 5.22. The van der Waals surface area contributed by atoms with Crippen molar-refractivity contribution in [1.82, 2.24) is 14.8 Å². The van der Waals surface area contributed by atoms with Crippen molar-refractivity contribution in [3.05, 3.63) is 89.1 Å². The minimum Gasteiger partial charge on any atom is -0.447 e. The van der Waals surface area contributed by atoms with E-state index in [1.165, 1.54) is 18.4 Å². The molecule has 3 aromatic rings. The summed E-state index contributed by atoms with van der Waals surface area (Å²) in [5, 5.41) is 0. The molecule has 1 saturated heterocycles. The molecule has 2 aromatic carbocycles. The lowest BCUT2D eigenvalue weighted by Gasteiger charge is -2.28. The molecule has 1 amide bonds. The second-order valence-electron chi connectivity index (χ2n) is 8.21. The fourth-order valence-electron chi connectivity index (χ4n) is 4.06. The Bertz CT molecular complexity index is 1050. The van der Waals surface area contributed by atoms with Gasteiger partial charge < -0.3 is 9.32 Å². The number of benzene rings is 2. The number of piperidine rings is 1. The van der Waals surface area contributed by atoms with E-state index in [0.29, 0.717) is 17.1 Å². The van der Waals surface area contributed by atoms with Crippen molar-refractivity contribution in [2.75, 3.05) is 13.1 Å². The molecule has 1 aromatic heterocycles. The Hall–Kier alpha value is -3.06. The predicted octanol–water partition coefficient (Wildman–Crippen LogP) is 5.34. The molecular weight excluding hydrogens is 412 g/mol. The van der Waals surface area contributed by atoms with E-state index in [-0.39, 0.29) is 25.0 Å². The molecule has 1 aliphatic rings. The summed E-state index contributed by atoms with van der Waals surface area (Å²) in [6, 6.07) is 13.3. The largest absolute Gasteiger partial charge is 0.447 e. The van der Waals surface area contributed by atoms with Crippen molar-refractivity contribution >= 4 is 5.91 Å². The third-order valence-electron chi connectivity index (χ3n) is 5.97. The van der Waals surface area contributed by atoms with E-state index in [1.807, 2.05) is 47.1 Å². The molecule has 5 nitrogen and oxygen atoms in total.